The number of aromatic nitrogens is 3. The number of pyridine rings is 1. The zero-order chi connectivity index (χ0) is 18.6. The van der Waals surface area contributed by atoms with Gasteiger partial charge in [0.25, 0.3) is 5.91 Å². The molecule has 0 spiro atoms. The van der Waals surface area contributed by atoms with Crippen LogP contribution >= 0.6 is 0 Å². The molecule has 136 valence electrons. The van der Waals surface area contributed by atoms with Crippen LogP contribution in [0.4, 0.5) is 0 Å². The molecule has 3 aromatic heterocycles. The number of fused-ring (bicyclic) bond motifs is 1. The van der Waals surface area contributed by atoms with E-state index in [0.29, 0.717) is 11.4 Å². The number of ether oxygens (including phenoxy) is 1. The summed E-state index contributed by atoms with van der Waals surface area (Å²) in [5, 5.41) is 11.2. The van der Waals surface area contributed by atoms with Crippen LogP contribution in [0.1, 0.15) is 34.9 Å². The highest BCUT2D eigenvalue weighted by atomic mass is 16.5. The highest BCUT2D eigenvalue weighted by Crippen LogP contribution is 2.18. The van der Waals surface area contributed by atoms with E-state index < -0.39 is 0 Å². The van der Waals surface area contributed by atoms with Crippen LogP contribution in [-0.2, 0) is 6.61 Å². The molecule has 0 saturated heterocycles. The molecule has 0 bridgehead atoms. The van der Waals surface area contributed by atoms with Gasteiger partial charge in [0.15, 0.2) is 17.2 Å². The van der Waals surface area contributed by atoms with E-state index >= 15 is 0 Å². The minimum absolute atomic E-state index is 0.228. The summed E-state index contributed by atoms with van der Waals surface area (Å²) < 4.78 is 12.9. The Morgan fingerprint density at radius 2 is 1.96 bits per heavy atom. The number of carbonyl (C=O) groups is 1. The van der Waals surface area contributed by atoms with Gasteiger partial charge >= 0.3 is 0 Å². The lowest BCUT2D eigenvalue weighted by Gasteiger charge is -2.12. The highest BCUT2D eigenvalue weighted by molar-refractivity contribution is 5.93. The van der Waals surface area contributed by atoms with Crippen molar-refractivity contribution >= 4 is 11.6 Å². The van der Waals surface area contributed by atoms with E-state index in [4.69, 9.17) is 9.15 Å². The van der Waals surface area contributed by atoms with Crippen LogP contribution in [-0.4, -0.2) is 20.5 Å². The molecular weight excluding hydrogens is 344 g/mol. The van der Waals surface area contributed by atoms with Gasteiger partial charge in [0.2, 0.25) is 0 Å². The maximum atomic E-state index is 12.7. The minimum Gasteiger partial charge on any atom is -0.489 e. The molecule has 4 aromatic rings. The zero-order valence-corrected chi connectivity index (χ0v) is 14.7. The van der Waals surface area contributed by atoms with Crippen molar-refractivity contribution in [3.63, 3.8) is 0 Å². The molecule has 0 aliphatic rings. The Kier molecular flexibility index (Phi) is 4.57. The van der Waals surface area contributed by atoms with E-state index in [0.717, 1.165) is 11.4 Å². The van der Waals surface area contributed by atoms with Gasteiger partial charge in [0.05, 0.1) is 12.3 Å². The number of carbonyl (C=O) groups excluding carboxylic acids is 1. The Morgan fingerprint density at radius 1 is 1.15 bits per heavy atom. The average molecular weight is 362 g/mol. The SMILES string of the molecule is CC(NC(=O)c1occc1COc1ccccc1)c1nnc2ccccn12. The van der Waals surface area contributed by atoms with E-state index in [2.05, 4.69) is 15.5 Å². The zero-order valence-electron chi connectivity index (χ0n) is 14.7. The first-order valence-electron chi connectivity index (χ1n) is 8.57. The molecule has 1 atom stereocenters. The second-order valence-electron chi connectivity index (χ2n) is 6.06. The quantitative estimate of drug-likeness (QED) is 0.568. The van der Waals surface area contributed by atoms with Gasteiger partial charge in [-0.3, -0.25) is 9.20 Å². The maximum Gasteiger partial charge on any atom is 0.287 e. The molecule has 0 saturated carbocycles. The summed E-state index contributed by atoms with van der Waals surface area (Å²) in [5.74, 6) is 1.28. The minimum atomic E-state index is -0.345. The van der Waals surface area contributed by atoms with Crippen LogP contribution in [0.3, 0.4) is 0 Å². The van der Waals surface area contributed by atoms with Gasteiger partial charge in [-0.1, -0.05) is 24.3 Å². The Hall–Kier alpha value is -3.61. The normalized spacial score (nSPS) is 12.0. The number of amides is 1. The lowest BCUT2D eigenvalue weighted by molar-refractivity contribution is 0.0906. The number of nitrogens with zero attached hydrogens (tertiary/aromatic N) is 3. The number of benzene rings is 1. The predicted octanol–water partition coefficient (Wildman–Crippen LogP) is 3.39. The molecular formula is C20H18N4O3. The first kappa shape index (κ1) is 16.8. The van der Waals surface area contributed by atoms with Gasteiger partial charge < -0.3 is 14.5 Å². The Bertz CT molecular complexity index is 1060. The number of hydrogen-bond acceptors (Lipinski definition) is 5. The third kappa shape index (κ3) is 3.52. The van der Waals surface area contributed by atoms with Gasteiger partial charge in [-0.15, -0.1) is 10.2 Å². The van der Waals surface area contributed by atoms with E-state index in [1.807, 2.05) is 66.1 Å². The third-order valence-corrected chi connectivity index (χ3v) is 4.17. The lowest BCUT2D eigenvalue weighted by atomic mass is 10.2. The molecule has 7 nitrogen and oxygen atoms in total. The van der Waals surface area contributed by atoms with Crippen molar-refractivity contribution in [2.75, 3.05) is 0 Å². The third-order valence-electron chi connectivity index (χ3n) is 4.17. The smallest absolute Gasteiger partial charge is 0.287 e. The molecule has 3 heterocycles. The van der Waals surface area contributed by atoms with Gasteiger partial charge in [-0.25, -0.2) is 0 Å². The van der Waals surface area contributed by atoms with E-state index in [1.54, 1.807) is 6.07 Å². The van der Waals surface area contributed by atoms with Crippen LogP contribution in [0.25, 0.3) is 5.65 Å². The summed E-state index contributed by atoms with van der Waals surface area (Å²) >= 11 is 0. The molecule has 27 heavy (non-hydrogen) atoms. The van der Waals surface area contributed by atoms with Crippen molar-refractivity contribution < 1.29 is 13.9 Å². The monoisotopic (exact) mass is 362 g/mol. The van der Waals surface area contributed by atoms with Gasteiger partial charge in [-0.05, 0) is 37.3 Å². The molecule has 1 aromatic carbocycles. The highest BCUT2D eigenvalue weighted by Gasteiger charge is 2.21. The molecule has 1 amide bonds. The molecule has 0 fully saturated rings. The number of rotatable bonds is 6. The second-order valence-corrected chi connectivity index (χ2v) is 6.06. The van der Waals surface area contributed by atoms with Gasteiger partial charge in [0, 0.05) is 11.8 Å². The summed E-state index contributed by atoms with van der Waals surface area (Å²) in [5.41, 5.74) is 1.40. The maximum absolute atomic E-state index is 12.7. The Morgan fingerprint density at radius 3 is 2.81 bits per heavy atom. The lowest BCUT2D eigenvalue weighted by Crippen LogP contribution is -2.28. The molecule has 1 N–H and O–H groups in total. The van der Waals surface area contributed by atoms with Crippen molar-refractivity contribution in [2.24, 2.45) is 0 Å². The van der Waals surface area contributed by atoms with E-state index in [9.17, 15) is 4.79 Å². The van der Waals surface area contributed by atoms with Crippen LogP contribution in [0.5, 0.6) is 5.75 Å². The van der Waals surface area contributed by atoms with Crippen LogP contribution in [0.15, 0.2) is 71.5 Å². The first-order valence-corrected chi connectivity index (χ1v) is 8.57. The summed E-state index contributed by atoms with van der Waals surface area (Å²) in [6.07, 6.45) is 3.34. The Balaban J connectivity index is 1.46. The molecule has 1 unspecified atom stereocenters. The van der Waals surface area contributed by atoms with Crippen molar-refractivity contribution in [1.82, 2.24) is 19.9 Å². The number of nitrogens with one attached hydrogen (secondary N) is 1. The summed E-state index contributed by atoms with van der Waals surface area (Å²) in [6.45, 7) is 2.09. The second kappa shape index (κ2) is 7.33. The average Bonchev–Trinajstić information content (AvgIpc) is 3.34. The fourth-order valence-electron chi connectivity index (χ4n) is 2.81. The number of hydrogen-bond donors (Lipinski definition) is 1. The first-order chi connectivity index (χ1) is 13.2. The largest absolute Gasteiger partial charge is 0.489 e. The number of para-hydroxylation sites is 1. The van der Waals surface area contributed by atoms with E-state index in [1.165, 1.54) is 6.26 Å². The van der Waals surface area contributed by atoms with E-state index in [-0.39, 0.29) is 24.3 Å². The Labute approximate surface area is 155 Å². The van der Waals surface area contributed by atoms with Crippen molar-refractivity contribution in [3.8, 4) is 5.75 Å². The molecule has 7 heteroatoms. The van der Waals surface area contributed by atoms with Crippen molar-refractivity contribution in [1.29, 1.82) is 0 Å². The standard InChI is InChI=1S/C20H18N4O3/c1-14(19-23-22-17-9-5-6-11-24(17)19)21-20(25)18-15(10-12-26-18)13-27-16-7-3-2-4-8-16/h2-12,14H,13H2,1H3,(H,21,25). The van der Waals surface area contributed by atoms with Crippen LogP contribution < -0.4 is 10.1 Å². The fraction of sp³-hybridized carbons (Fsp3) is 0.150. The predicted molar refractivity (Wildman–Crippen MR) is 98.4 cm³/mol. The van der Waals surface area contributed by atoms with Crippen LogP contribution in [0, 0.1) is 0 Å². The van der Waals surface area contributed by atoms with Gasteiger partial charge in [-0.2, -0.15) is 0 Å². The topological polar surface area (TPSA) is 81.7 Å². The molecule has 0 aliphatic carbocycles. The summed E-state index contributed by atoms with van der Waals surface area (Å²) in [7, 11) is 0. The molecule has 0 aliphatic heterocycles. The van der Waals surface area contributed by atoms with Crippen LogP contribution in [0.2, 0.25) is 0 Å². The molecule has 0 radical (unpaired) electrons. The van der Waals surface area contributed by atoms with Crippen molar-refractivity contribution in [3.05, 3.63) is 84.2 Å². The fourth-order valence-corrected chi connectivity index (χ4v) is 2.81. The van der Waals surface area contributed by atoms with Crippen molar-refractivity contribution in [2.45, 2.75) is 19.6 Å². The van der Waals surface area contributed by atoms with Gasteiger partial charge in [0.1, 0.15) is 12.4 Å². The summed E-state index contributed by atoms with van der Waals surface area (Å²) in [4.78, 5) is 12.7. The number of furan rings is 1. The summed E-state index contributed by atoms with van der Waals surface area (Å²) in [6, 6.07) is 16.4. The molecule has 4 rings (SSSR count).